The lowest BCUT2D eigenvalue weighted by molar-refractivity contribution is -0.384. The number of hydrogen-bond donors (Lipinski definition) is 1. The molecule has 6 rings (SSSR count). The smallest absolute Gasteiger partial charge is 0.269 e. The summed E-state index contributed by atoms with van der Waals surface area (Å²) in [6, 6.07) is 33.0. The first kappa shape index (κ1) is 25.8. The Morgan fingerprint density at radius 1 is 0.900 bits per heavy atom. The summed E-state index contributed by atoms with van der Waals surface area (Å²) in [5, 5.41) is 15.2. The largest absolute Gasteiger partial charge is 0.351 e. The van der Waals surface area contributed by atoms with Gasteiger partial charge in [0.2, 0.25) is 0 Å². The van der Waals surface area contributed by atoms with E-state index in [1.165, 1.54) is 17.7 Å². The van der Waals surface area contributed by atoms with E-state index in [2.05, 4.69) is 87.5 Å². The molecule has 0 spiro atoms. The number of nitrogens with one attached hydrogen (secondary N) is 1. The minimum absolute atomic E-state index is 0.0821. The minimum Gasteiger partial charge on any atom is -0.351 e. The molecule has 2 atom stereocenters. The van der Waals surface area contributed by atoms with Crippen LogP contribution in [0, 0.1) is 17.0 Å². The molecule has 40 heavy (non-hydrogen) atoms. The Balaban J connectivity index is 1.36. The van der Waals surface area contributed by atoms with Crippen molar-refractivity contribution in [2.75, 3.05) is 4.90 Å². The molecule has 3 heterocycles. The lowest BCUT2D eigenvalue weighted by Crippen LogP contribution is -2.30. The number of nitro groups is 1. The van der Waals surface area contributed by atoms with Crippen molar-refractivity contribution < 1.29 is 4.92 Å². The van der Waals surface area contributed by atoms with Crippen molar-refractivity contribution in [3.63, 3.8) is 0 Å². The van der Waals surface area contributed by atoms with Crippen LogP contribution in [0.5, 0.6) is 0 Å². The highest BCUT2D eigenvalue weighted by atomic mass is 32.2. The predicted molar refractivity (Wildman–Crippen MR) is 162 cm³/mol. The molecule has 2 aromatic heterocycles. The van der Waals surface area contributed by atoms with E-state index >= 15 is 0 Å². The van der Waals surface area contributed by atoms with Gasteiger partial charge in [0.15, 0.2) is 5.11 Å². The van der Waals surface area contributed by atoms with Crippen molar-refractivity contribution in [3.8, 4) is 5.69 Å². The Bertz CT molecular complexity index is 1670. The highest BCUT2D eigenvalue weighted by Crippen LogP contribution is 2.43. The fraction of sp³-hybridized carbons (Fsp3) is 0.0968. The van der Waals surface area contributed by atoms with E-state index in [-0.39, 0.29) is 22.7 Å². The van der Waals surface area contributed by atoms with E-state index in [1.54, 1.807) is 23.9 Å². The fourth-order valence-corrected chi connectivity index (χ4v) is 6.23. The summed E-state index contributed by atoms with van der Waals surface area (Å²) in [6.45, 7) is 2.12. The Morgan fingerprint density at radius 3 is 2.27 bits per heavy atom. The summed E-state index contributed by atoms with van der Waals surface area (Å²) in [6.07, 6.45) is 3.90. The lowest BCUT2D eigenvalue weighted by atomic mass is 10.0. The molecule has 0 radical (unpaired) electrons. The molecule has 0 unspecified atom stereocenters. The highest BCUT2D eigenvalue weighted by molar-refractivity contribution is 7.99. The lowest BCUT2D eigenvalue weighted by Gasteiger charge is -2.29. The van der Waals surface area contributed by atoms with Crippen LogP contribution in [0.25, 0.3) is 5.69 Å². The number of anilines is 1. The van der Waals surface area contributed by atoms with Gasteiger partial charge in [-0.25, -0.2) is 0 Å². The first-order valence-electron chi connectivity index (χ1n) is 12.8. The third-order valence-electron chi connectivity index (χ3n) is 6.95. The first-order valence-corrected chi connectivity index (χ1v) is 14.0. The average molecular weight is 564 g/mol. The van der Waals surface area contributed by atoms with Crippen LogP contribution in [0.4, 0.5) is 11.4 Å². The second kappa shape index (κ2) is 11.0. The normalized spacial score (nSPS) is 16.6. The van der Waals surface area contributed by atoms with Crippen LogP contribution in [0.3, 0.4) is 0 Å². The molecule has 0 aliphatic carbocycles. The summed E-state index contributed by atoms with van der Waals surface area (Å²) in [7, 11) is 0. The van der Waals surface area contributed by atoms with Crippen molar-refractivity contribution in [2.45, 2.75) is 28.8 Å². The van der Waals surface area contributed by atoms with Gasteiger partial charge in [-0.2, -0.15) is 0 Å². The quantitative estimate of drug-likeness (QED) is 0.125. The number of thiocarbonyl (C=S) groups is 1. The molecule has 1 aliphatic heterocycles. The van der Waals surface area contributed by atoms with Gasteiger partial charge in [-0.1, -0.05) is 36.0 Å². The molecule has 5 aromatic rings. The van der Waals surface area contributed by atoms with E-state index in [0.717, 1.165) is 32.6 Å². The second-order valence-corrected chi connectivity index (χ2v) is 11.0. The van der Waals surface area contributed by atoms with Crippen molar-refractivity contribution in [1.29, 1.82) is 0 Å². The molecule has 0 amide bonds. The van der Waals surface area contributed by atoms with Gasteiger partial charge < -0.3 is 14.8 Å². The zero-order chi connectivity index (χ0) is 27.6. The first-order chi connectivity index (χ1) is 19.5. The Kier molecular flexibility index (Phi) is 7.06. The van der Waals surface area contributed by atoms with Crippen LogP contribution < -0.4 is 10.2 Å². The van der Waals surface area contributed by atoms with Crippen LogP contribution in [-0.4, -0.2) is 19.6 Å². The van der Waals surface area contributed by atoms with E-state index < -0.39 is 0 Å². The van der Waals surface area contributed by atoms with Gasteiger partial charge in [-0.05, 0) is 91.4 Å². The number of benzene rings is 3. The van der Waals surface area contributed by atoms with Crippen LogP contribution in [0.1, 0.15) is 29.0 Å². The molecular weight excluding hydrogens is 539 g/mol. The number of hydrogen-bond acceptors (Lipinski definition) is 5. The van der Waals surface area contributed by atoms with Gasteiger partial charge in [-0.15, -0.1) is 0 Å². The van der Waals surface area contributed by atoms with E-state index in [4.69, 9.17) is 12.2 Å². The van der Waals surface area contributed by atoms with Gasteiger partial charge in [0, 0.05) is 51.4 Å². The maximum atomic E-state index is 11.0. The average Bonchev–Trinajstić information content (AvgIpc) is 3.59. The molecule has 1 N–H and O–H groups in total. The number of nitrogens with zero attached hydrogens (tertiary/aromatic N) is 4. The number of pyridine rings is 1. The van der Waals surface area contributed by atoms with Crippen molar-refractivity contribution in [1.82, 2.24) is 14.9 Å². The number of para-hydroxylation sites is 1. The molecule has 1 aliphatic rings. The Labute approximate surface area is 241 Å². The van der Waals surface area contributed by atoms with Crippen LogP contribution in [0.2, 0.25) is 0 Å². The van der Waals surface area contributed by atoms with Crippen molar-refractivity contribution in [2.24, 2.45) is 0 Å². The number of rotatable bonds is 7. The minimum atomic E-state index is -0.388. The summed E-state index contributed by atoms with van der Waals surface area (Å²) in [5.41, 5.74) is 5.36. The number of nitro benzene ring substituents is 1. The third-order valence-corrected chi connectivity index (χ3v) is 8.28. The van der Waals surface area contributed by atoms with Crippen molar-refractivity contribution in [3.05, 3.63) is 143 Å². The zero-order valence-electron chi connectivity index (χ0n) is 21.5. The van der Waals surface area contributed by atoms with Crippen molar-refractivity contribution >= 4 is 40.5 Å². The Hall–Kier alpha value is -4.47. The topological polar surface area (TPSA) is 76.2 Å². The predicted octanol–water partition coefficient (Wildman–Crippen LogP) is 7.42. The number of aryl methyl sites for hydroxylation is 1. The monoisotopic (exact) mass is 563 g/mol. The number of aromatic nitrogens is 2. The number of non-ortho nitro benzene ring substituents is 1. The van der Waals surface area contributed by atoms with Crippen LogP contribution in [0.15, 0.2) is 125 Å². The van der Waals surface area contributed by atoms with E-state index in [0.29, 0.717) is 5.11 Å². The van der Waals surface area contributed by atoms with Gasteiger partial charge >= 0.3 is 0 Å². The van der Waals surface area contributed by atoms with E-state index in [9.17, 15) is 10.1 Å². The molecule has 198 valence electrons. The molecule has 1 saturated heterocycles. The molecule has 3 aromatic carbocycles. The summed E-state index contributed by atoms with van der Waals surface area (Å²) >= 11 is 7.48. The van der Waals surface area contributed by atoms with Crippen LogP contribution in [-0.2, 0) is 0 Å². The van der Waals surface area contributed by atoms with E-state index in [1.807, 2.05) is 30.5 Å². The van der Waals surface area contributed by atoms with Gasteiger partial charge in [0.25, 0.3) is 5.69 Å². The molecule has 1 fully saturated rings. The molecule has 0 bridgehead atoms. The maximum Gasteiger partial charge on any atom is 0.269 e. The third kappa shape index (κ3) is 4.97. The molecular formula is C31H25N5O2S2. The molecule has 0 saturated carbocycles. The van der Waals surface area contributed by atoms with Crippen LogP contribution >= 0.6 is 24.0 Å². The fourth-order valence-electron chi connectivity index (χ4n) is 5.07. The Morgan fingerprint density at radius 2 is 1.60 bits per heavy atom. The van der Waals surface area contributed by atoms with Gasteiger partial charge in [-0.3, -0.25) is 15.1 Å². The molecule has 9 heteroatoms. The zero-order valence-corrected chi connectivity index (χ0v) is 23.2. The molecule has 7 nitrogen and oxygen atoms in total. The highest BCUT2D eigenvalue weighted by Gasteiger charge is 2.42. The summed E-state index contributed by atoms with van der Waals surface area (Å²) < 4.78 is 2.23. The van der Waals surface area contributed by atoms with Gasteiger partial charge in [0.05, 0.1) is 16.7 Å². The SMILES string of the molecule is Cc1ccccc1-n1cccc1[C@H]1[C@@H](c2ccccn2)NC(=S)N1c1ccc(Sc2ccc([N+](=O)[O-])cc2)cc1. The standard InChI is InChI=1S/C31H25N5O2S2/c1-21-7-2-3-9-27(21)34-20-6-10-28(34)30-29(26-8-4-5-19-32-26)33-31(39)35(30)22-11-15-24(16-12-22)40-25-17-13-23(14-18-25)36(37)38/h2-20,29-30H,1H3,(H,33,39)/t29-,30+/m1/s1. The summed E-state index contributed by atoms with van der Waals surface area (Å²) in [4.78, 5) is 19.4. The summed E-state index contributed by atoms with van der Waals surface area (Å²) in [5.74, 6) is 0. The maximum absolute atomic E-state index is 11.0. The van der Waals surface area contributed by atoms with Gasteiger partial charge in [0.1, 0.15) is 6.04 Å². The second-order valence-electron chi connectivity index (χ2n) is 9.43.